The number of methoxy groups -OCH3 is 1. The molecule has 3 nitrogen and oxygen atoms in total. The van der Waals surface area contributed by atoms with E-state index in [1.807, 2.05) is 13.1 Å². The Morgan fingerprint density at radius 2 is 2.28 bits per heavy atom. The minimum atomic E-state index is -0.255. The topological polar surface area (TPSA) is 29.5 Å². The monoisotopic (exact) mass is 251 g/mol. The third-order valence-electron chi connectivity index (χ3n) is 3.60. The van der Waals surface area contributed by atoms with E-state index >= 15 is 0 Å². The average molecular weight is 251 g/mol. The van der Waals surface area contributed by atoms with E-state index in [1.54, 1.807) is 6.07 Å². The van der Waals surface area contributed by atoms with Gasteiger partial charge in [-0.1, -0.05) is 12.1 Å². The minimum Gasteiger partial charge on any atom is -0.469 e. The number of esters is 1. The van der Waals surface area contributed by atoms with Gasteiger partial charge in [0.15, 0.2) is 0 Å². The highest BCUT2D eigenvalue weighted by Gasteiger charge is 2.34. The maximum absolute atomic E-state index is 13.3. The second-order valence-electron chi connectivity index (χ2n) is 4.84. The molecule has 0 spiro atoms. The molecule has 2 rings (SSSR count). The molecule has 0 aromatic heterocycles. The van der Waals surface area contributed by atoms with Crippen molar-refractivity contribution in [1.29, 1.82) is 0 Å². The summed E-state index contributed by atoms with van der Waals surface area (Å²) in [7, 11) is 3.39. The molecule has 0 amide bonds. The van der Waals surface area contributed by atoms with Gasteiger partial charge in [-0.15, -0.1) is 0 Å². The summed E-state index contributed by atoms with van der Waals surface area (Å²) in [4.78, 5) is 13.9. The summed E-state index contributed by atoms with van der Waals surface area (Å²) in [6.07, 6.45) is 0.847. The molecular formula is C14H18FNO2. The van der Waals surface area contributed by atoms with Gasteiger partial charge in [-0.05, 0) is 43.6 Å². The second-order valence-corrected chi connectivity index (χ2v) is 4.84. The highest BCUT2D eigenvalue weighted by atomic mass is 19.1. The van der Waals surface area contributed by atoms with Crippen LogP contribution >= 0.6 is 0 Å². The van der Waals surface area contributed by atoms with Gasteiger partial charge in [0.1, 0.15) is 5.82 Å². The molecule has 1 aliphatic rings. The SMILES string of the molecule is COC(=O)C1CN(C)CCC1c1cccc(F)c1. The van der Waals surface area contributed by atoms with Crippen molar-refractivity contribution in [2.75, 3.05) is 27.2 Å². The zero-order chi connectivity index (χ0) is 13.1. The highest BCUT2D eigenvalue weighted by Crippen LogP contribution is 2.33. The summed E-state index contributed by atoms with van der Waals surface area (Å²) in [5.74, 6) is -0.634. The van der Waals surface area contributed by atoms with E-state index in [2.05, 4.69) is 4.90 Å². The molecule has 2 atom stereocenters. The number of nitrogens with zero attached hydrogens (tertiary/aromatic N) is 1. The van der Waals surface area contributed by atoms with Gasteiger partial charge in [-0.2, -0.15) is 0 Å². The van der Waals surface area contributed by atoms with Gasteiger partial charge < -0.3 is 9.64 Å². The van der Waals surface area contributed by atoms with Crippen molar-refractivity contribution in [3.05, 3.63) is 35.6 Å². The van der Waals surface area contributed by atoms with E-state index in [-0.39, 0.29) is 23.6 Å². The van der Waals surface area contributed by atoms with Gasteiger partial charge in [0.05, 0.1) is 13.0 Å². The lowest BCUT2D eigenvalue weighted by atomic mass is 9.80. The van der Waals surface area contributed by atoms with Crippen molar-refractivity contribution in [2.24, 2.45) is 5.92 Å². The Bertz CT molecular complexity index is 436. The molecule has 1 fully saturated rings. The predicted octanol–water partition coefficient (Wildman–Crippen LogP) is 2.03. The second kappa shape index (κ2) is 5.48. The number of hydrogen-bond donors (Lipinski definition) is 0. The first-order valence-corrected chi connectivity index (χ1v) is 6.13. The smallest absolute Gasteiger partial charge is 0.310 e. The fourth-order valence-corrected chi connectivity index (χ4v) is 2.64. The minimum absolute atomic E-state index is 0.0457. The Balaban J connectivity index is 2.26. The maximum atomic E-state index is 13.3. The van der Waals surface area contributed by atoms with E-state index < -0.39 is 0 Å². The average Bonchev–Trinajstić information content (AvgIpc) is 2.37. The summed E-state index contributed by atoms with van der Waals surface area (Å²) in [6, 6.07) is 6.52. The molecule has 1 aromatic rings. The van der Waals surface area contributed by atoms with Crippen LogP contribution < -0.4 is 0 Å². The number of hydrogen-bond acceptors (Lipinski definition) is 3. The first-order valence-electron chi connectivity index (χ1n) is 6.13. The first kappa shape index (κ1) is 13.0. The number of piperidine rings is 1. The fraction of sp³-hybridized carbons (Fsp3) is 0.500. The summed E-state index contributed by atoms with van der Waals surface area (Å²) in [5.41, 5.74) is 0.888. The number of likely N-dealkylation sites (tertiary alicyclic amines) is 1. The summed E-state index contributed by atoms with van der Waals surface area (Å²) in [5, 5.41) is 0. The molecule has 1 saturated heterocycles. The molecule has 0 N–H and O–H groups in total. The van der Waals surface area contributed by atoms with Crippen molar-refractivity contribution in [2.45, 2.75) is 12.3 Å². The van der Waals surface area contributed by atoms with Crippen LogP contribution in [-0.4, -0.2) is 38.1 Å². The van der Waals surface area contributed by atoms with Gasteiger partial charge in [-0.3, -0.25) is 4.79 Å². The van der Waals surface area contributed by atoms with Crippen molar-refractivity contribution in [3.8, 4) is 0 Å². The van der Waals surface area contributed by atoms with E-state index in [9.17, 15) is 9.18 Å². The number of carbonyl (C=O) groups is 1. The van der Waals surface area contributed by atoms with Crippen LogP contribution in [0.5, 0.6) is 0 Å². The number of rotatable bonds is 2. The van der Waals surface area contributed by atoms with Crippen LogP contribution in [0.15, 0.2) is 24.3 Å². The molecule has 18 heavy (non-hydrogen) atoms. The zero-order valence-electron chi connectivity index (χ0n) is 10.7. The van der Waals surface area contributed by atoms with Crippen molar-refractivity contribution < 1.29 is 13.9 Å². The standard InChI is InChI=1S/C14H18FNO2/c1-16-7-6-12(13(9-16)14(17)18-2)10-4-3-5-11(15)8-10/h3-5,8,12-13H,6-7,9H2,1-2H3. The van der Waals surface area contributed by atoms with Gasteiger partial charge in [0, 0.05) is 6.54 Å². The van der Waals surface area contributed by atoms with Crippen LogP contribution in [0.4, 0.5) is 4.39 Å². The van der Waals surface area contributed by atoms with Crippen LogP contribution in [0.1, 0.15) is 17.9 Å². The van der Waals surface area contributed by atoms with Crippen LogP contribution in [-0.2, 0) is 9.53 Å². The van der Waals surface area contributed by atoms with Crippen LogP contribution in [0.2, 0.25) is 0 Å². The van der Waals surface area contributed by atoms with Gasteiger partial charge in [0.25, 0.3) is 0 Å². The van der Waals surface area contributed by atoms with Crippen molar-refractivity contribution in [1.82, 2.24) is 4.90 Å². The molecule has 0 bridgehead atoms. The molecular weight excluding hydrogens is 233 g/mol. The first-order chi connectivity index (χ1) is 8.61. The lowest BCUT2D eigenvalue weighted by Crippen LogP contribution is -2.41. The molecule has 1 heterocycles. The Hall–Kier alpha value is -1.42. The summed E-state index contributed by atoms with van der Waals surface area (Å²) < 4.78 is 18.1. The predicted molar refractivity (Wildman–Crippen MR) is 66.8 cm³/mol. The largest absolute Gasteiger partial charge is 0.469 e. The Morgan fingerprint density at radius 3 is 2.94 bits per heavy atom. The van der Waals surface area contributed by atoms with Crippen molar-refractivity contribution in [3.63, 3.8) is 0 Å². The van der Waals surface area contributed by atoms with Crippen molar-refractivity contribution >= 4 is 5.97 Å². The van der Waals surface area contributed by atoms with E-state index in [0.29, 0.717) is 6.54 Å². The summed E-state index contributed by atoms with van der Waals surface area (Å²) in [6.45, 7) is 1.57. The van der Waals surface area contributed by atoms with Gasteiger partial charge in [-0.25, -0.2) is 4.39 Å². The molecule has 2 unspecified atom stereocenters. The lowest BCUT2D eigenvalue weighted by Gasteiger charge is -2.35. The zero-order valence-corrected chi connectivity index (χ0v) is 10.7. The Morgan fingerprint density at radius 1 is 1.50 bits per heavy atom. The molecule has 4 heteroatoms. The number of carbonyl (C=O) groups excluding carboxylic acids is 1. The molecule has 98 valence electrons. The molecule has 1 aromatic carbocycles. The van der Waals surface area contributed by atoms with Crippen LogP contribution in [0.25, 0.3) is 0 Å². The number of halogens is 1. The van der Waals surface area contributed by atoms with E-state index in [0.717, 1.165) is 18.5 Å². The fourth-order valence-electron chi connectivity index (χ4n) is 2.64. The Kier molecular flexibility index (Phi) is 3.97. The summed E-state index contributed by atoms with van der Waals surface area (Å²) >= 11 is 0. The number of ether oxygens (including phenoxy) is 1. The van der Waals surface area contributed by atoms with Crippen LogP contribution in [0, 0.1) is 11.7 Å². The van der Waals surface area contributed by atoms with Crippen LogP contribution in [0.3, 0.4) is 0 Å². The van der Waals surface area contributed by atoms with E-state index in [1.165, 1.54) is 19.2 Å². The quantitative estimate of drug-likeness (QED) is 0.753. The third-order valence-corrected chi connectivity index (χ3v) is 3.60. The molecule has 0 saturated carbocycles. The molecule has 1 aliphatic heterocycles. The molecule has 0 radical (unpaired) electrons. The lowest BCUT2D eigenvalue weighted by molar-refractivity contribution is -0.148. The highest BCUT2D eigenvalue weighted by molar-refractivity contribution is 5.74. The molecule has 0 aliphatic carbocycles. The maximum Gasteiger partial charge on any atom is 0.310 e. The normalized spacial score (nSPS) is 24.8. The third kappa shape index (κ3) is 2.70. The van der Waals surface area contributed by atoms with Gasteiger partial charge in [0.2, 0.25) is 0 Å². The Labute approximate surface area is 107 Å². The van der Waals surface area contributed by atoms with Gasteiger partial charge >= 0.3 is 5.97 Å². The number of benzene rings is 1. The van der Waals surface area contributed by atoms with E-state index in [4.69, 9.17) is 4.74 Å².